The minimum Gasteiger partial charge on any atom is -0.491 e. The molecule has 1 heterocycles. The van der Waals surface area contributed by atoms with E-state index in [9.17, 15) is 14.4 Å². The molecule has 22 heavy (non-hydrogen) atoms. The van der Waals surface area contributed by atoms with Gasteiger partial charge in [-0.15, -0.1) is 0 Å². The molecule has 0 bridgehead atoms. The van der Waals surface area contributed by atoms with Gasteiger partial charge in [-0.2, -0.15) is 0 Å². The highest BCUT2D eigenvalue weighted by Crippen LogP contribution is 2.22. The molecule has 1 aromatic carbocycles. The molecule has 4 amide bonds. The first kappa shape index (κ1) is 16.0. The second-order valence-electron chi connectivity index (χ2n) is 5.58. The van der Waals surface area contributed by atoms with Crippen LogP contribution in [0.3, 0.4) is 0 Å². The fraction of sp³-hybridized carbons (Fsp3) is 0.438. The maximum Gasteiger partial charge on any atom is 0.334 e. The van der Waals surface area contributed by atoms with Crippen molar-refractivity contribution in [1.29, 1.82) is 0 Å². The number of carbonyl (C=O) groups is 3. The van der Waals surface area contributed by atoms with Crippen LogP contribution in [-0.2, 0) is 9.59 Å². The van der Waals surface area contributed by atoms with Gasteiger partial charge >= 0.3 is 17.8 Å². The van der Waals surface area contributed by atoms with Crippen LogP contribution < -0.4 is 4.74 Å². The fourth-order valence-electron chi connectivity index (χ4n) is 2.44. The van der Waals surface area contributed by atoms with Gasteiger partial charge in [0.05, 0.1) is 6.54 Å². The Morgan fingerprint density at radius 2 is 1.64 bits per heavy atom. The molecule has 6 heteroatoms. The van der Waals surface area contributed by atoms with E-state index in [0.29, 0.717) is 0 Å². The van der Waals surface area contributed by atoms with Crippen LogP contribution in [0.15, 0.2) is 18.2 Å². The lowest BCUT2D eigenvalue weighted by atomic mass is 10.1. The Kier molecular flexibility index (Phi) is 4.49. The largest absolute Gasteiger partial charge is 0.491 e. The van der Waals surface area contributed by atoms with Gasteiger partial charge in [0.2, 0.25) is 0 Å². The molecule has 1 saturated heterocycles. The summed E-state index contributed by atoms with van der Waals surface area (Å²) in [5.41, 5.74) is 1.97. The van der Waals surface area contributed by atoms with Crippen molar-refractivity contribution >= 4 is 17.8 Å². The highest BCUT2D eigenvalue weighted by Gasteiger charge is 2.45. The molecule has 0 aromatic heterocycles. The van der Waals surface area contributed by atoms with Gasteiger partial charge in [0.15, 0.2) is 0 Å². The van der Waals surface area contributed by atoms with Gasteiger partial charge in [0.1, 0.15) is 12.4 Å². The molecule has 0 radical (unpaired) electrons. The van der Waals surface area contributed by atoms with Gasteiger partial charge in [-0.05, 0) is 38.8 Å². The predicted molar refractivity (Wildman–Crippen MR) is 80.5 cm³/mol. The highest BCUT2D eigenvalue weighted by atomic mass is 16.5. The summed E-state index contributed by atoms with van der Waals surface area (Å²) in [5.74, 6) is -0.815. The van der Waals surface area contributed by atoms with Gasteiger partial charge < -0.3 is 4.74 Å². The number of nitrogens with zero attached hydrogens (tertiary/aromatic N) is 2. The Morgan fingerprint density at radius 3 is 2.14 bits per heavy atom. The van der Waals surface area contributed by atoms with E-state index in [4.69, 9.17) is 4.74 Å². The summed E-state index contributed by atoms with van der Waals surface area (Å²) < 4.78 is 5.68. The van der Waals surface area contributed by atoms with Crippen molar-refractivity contribution in [1.82, 2.24) is 9.80 Å². The zero-order valence-corrected chi connectivity index (χ0v) is 13.3. The number of aryl methyl sites for hydroxylation is 2. The van der Waals surface area contributed by atoms with E-state index in [1.165, 1.54) is 0 Å². The Morgan fingerprint density at radius 1 is 1.05 bits per heavy atom. The van der Waals surface area contributed by atoms with Gasteiger partial charge in [0, 0.05) is 6.04 Å². The normalized spacial score (nSPS) is 15.2. The maximum absolute atomic E-state index is 12.1. The van der Waals surface area contributed by atoms with Gasteiger partial charge in [-0.3, -0.25) is 19.4 Å². The molecule has 1 fully saturated rings. The van der Waals surface area contributed by atoms with Crippen LogP contribution in [0.5, 0.6) is 5.75 Å². The van der Waals surface area contributed by atoms with Crippen molar-refractivity contribution in [3.8, 4) is 5.75 Å². The molecule has 6 nitrogen and oxygen atoms in total. The SMILES string of the molecule is Cc1cccc(C)c1OCCN1C(=O)C(=O)N(C(C)C)C1=O. The van der Waals surface area contributed by atoms with Crippen LogP contribution in [0.4, 0.5) is 4.79 Å². The number of para-hydroxylation sites is 1. The molecule has 0 saturated carbocycles. The van der Waals surface area contributed by atoms with Gasteiger partial charge in [-0.25, -0.2) is 4.79 Å². The smallest absolute Gasteiger partial charge is 0.334 e. The molecule has 2 rings (SSSR count). The number of benzene rings is 1. The van der Waals surface area contributed by atoms with Crippen LogP contribution in [-0.4, -0.2) is 46.8 Å². The predicted octanol–water partition coefficient (Wildman–Crippen LogP) is 1.88. The maximum atomic E-state index is 12.1. The second-order valence-corrected chi connectivity index (χ2v) is 5.58. The van der Waals surface area contributed by atoms with Crippen molar-refractivity contribution in [2.24, 2.45) is 0 Å². The lowest BCUT2D eigenvalue weighted by Gasteiger charge is -2.19. The van der Waals surface area contributed by atoms with Crippen LogP contribution in [0.2, 0.25) is 0 Å². The number of rotatable bonds is 5. The first-order valence-corrected chi connectivity index (χ1v) is 7.22. The van der Waals surface area contributed by atoms with E-state index in [1.54, 1.807) is 13.8 Å². The van der Waals surface area contributed by atoms with Gasteiger partial charge in [0.25, 0.3) is 0 Å². The van der Waals surface area contributed by atoms with E-state index in [-0.39, 0.29) is 19.2 Å². The topological polar surface area (TPSA) is 66.9 Å². The molecule has 0 unspecified atom stereocenters. The number of ether oxygens (including phenoxy) is 1. The van der Waals surface area contributed by atoms with Crippen molar-refractivity contribution in [3.63, 3.8) is 0 Å². The molecule has 0 aliphatic carbocycles. The van der Waals surface area contributed by atoms with Crippen molar-refractivity contribution in [3.05, 3.63) is 29.3 Å². The van der Waals surface area contributed by atoms with Gasteiger partial charge in [-0.1, -0.05) is 18.2 Å². The molecule has 1 aromatic rings. The fourth-order valence-corrected chi connectivity index (χ4v) is 2.44. The van der Waals surface area contributed by atoms with Crippen LogP contribution >= 0.6 is 0 Å². The Labute approximate surface area is 129 Å². The monoisotopic (exact) mass is 304 g/mol. The standard InChI is InChI=1S/C16H20N2O4/c1-10(2)18-15(20)14(19)17(16(18)21)8-9-22-13-11(3)6-5-7-12(13)4/h5-7,10H,8-9H2,1-4H3. The van der Waals surface area contributed by atoms with E-state index in [0.717, 1.165) is 26.7 Å². The summed E-state index contributed by atoms with van der Waals surface area (Å²) in [5, 5.41) is 0. The van der Waals surface area contributed by atoms with E-state index < -0.39 is 17.8 Å². The molecule has 0 spiro atoms. The van der Waals surface area contributed by atoms with Crippen LogP contribution in [0.25, 0.3) is 0 Å². The first-order valence-electron chi connectivity index (χ1n) is 7.22. The lowest BCUT2D eigenvalue weighted by molar-refractivity contribution is -0.143. The molecule has 1 aliphatic heterocycles. The average molecular weight is 304 g/mol. The molecule has 0 atom stereocenters. The summed E-state index contributed by atoms with van der Waals surface area (Å²) in [6.45, 7) is 7.46. The van der Waals surface area contributed by atoms with E-state index in [1.807, 2.05) is 32.0 Å². The molecule has 0 N–H and O–H groups in total. The zero-order valence-electron chi connectivity index (χ0n) is 13.3. The van der Waals surface area contributed by atoms with Crippen LogP contribution in [0.1, 0.15) is 25.0 Å². The third kappa shape index (κ3) is 2.81. The highest BCUT2D eigenvalue weighted by molar-refractivity contribution is 6.44. The second kappa shape index (κ2) is 6.17. The number of hydrogen-bond acceptors (Lipinski definition) is 4. The summed E-state index contributed by atoms with van der Waals surface area (Å²) >= 11 is 0. The summed E-state index contributed by atoms with van der Waals surface area (Å²) in [6.07, 6.45) is 0. The number of amides is 4. The number of urea groups is 1. The Balaban J connectivity index is 2.02. The average Bonchev–Trinajstić information content (AvgIpc) is 2.65. The molecule has 1 aliphatic rings. The van der Waals surface area contributed by atoms with Crippen molar-refractivity contribution in [2.75, 3.05) is 13.2 Å². The third-order valence-corrected chi connectivity index (χ3v) is 3.57. The molecular formula is C16H20N2O4. The molecule has 118 valence electrons. The summed E-state index contributed by atoms with van der Waals surface area (Å²) in [6, 6.07) is 4.88. The number of hydrogen-bond donors (Lipinski definition) is 0. The number of carbonyl (C=O) groups excluding carboxylic acids is 3. The molecular weight excluding hydrogens is 284 g/mol. The Bertz CT molecular complexity index is 604. The minimum atomic E-state index is -0.788. The minimum absolute atomic E-state index is 0.0560. The Hall–Kier alpha value is -2.37. The number of imide groups is 2. The lowest BCUT2D eigenvalue weighted by Crippen LogP contribution is -2.39. The summed E-state index contributed by atoms with van der Waals surface area (Å²) in [7, 11) is 0. The third-order valence-electron chi connectivity index (χ3n) is 3.57. The summed E-state index contributed by atoms with van der Waals surface area (Å²) in [4.78, 5) is 37.7. The van der Waals surface area contributed by atoms with E-state index >= 15 is 0 Å². The quantitative estimate of drug-likeness (QED) is 0.615. The van der Waals surface area contributed by atoms with E-state index in [2.05, 4.69) is 0 Å². The van der Waals surface area contributed by atoms with Crippen LogP contribution in [0, 0.1) is 13.8 Å². The van der Waals surface area contributed by atoms with Crippen molar-refractivity contribution < 1.29 is 19.1 Å². The van der Waals surface area contributed by atoms with Crippen molar-refractivity contribution in [2.45, 2.75) is 33.7 Å². The first-order chi connectivity index (χ1) is 10.3. The zero-order chi connectivity index (χ0) is 16.4.